The highest BCUT2D eigenvalue weighted by molar-refractivity contribution is 9.10. The van der Waals surface area contributed by atoms with Gasteiger partial charge >= 0.3 is 0 Å². The number of hydrogen-bond donors (Lipinski definition) is 3. The summed E-state index contributed by atoms with van der Waals surface area (Å²) in [4.78, 5) is 12.9. The lowest BCUT2D eigenvalue weighted by Crippen LogP contribution is -2.43. The number of nitrogens with zero attached hydrogens (tertiary/aromatic N) is 1. The van der Waals surface area contributed by atoms with Gasteiger partial charge in [0.1, 0.15) is 5.75 Å². The van der Waals surface area contributed by atoms with Crippen LogP contribution in [0.2, 0.25) is 0 Å². The molecule has 0 radical (unpaired) electrons. The van der Waals surface area contributed by atoms with Gasteiger partial charge < -0.3 is 10.2 Å². The van der Waals surface area contributed by atoms with Crippen molar-refractivity contribution in [3.05, 3.63) is 100 Å². The molecule has 3 aromatic rings. The van der Waals surface area contributed by atoms with Crippen molar-refractivity contribution in [2.24, 2.45) is 5.10 Å². The van der Waals surface area contributed by atoms with Gasteiger partial charge in [0.05, 0.1) is 6.21 Å². The Bertz CT molecular complexity index is 920. The van der Waals surface area contributed by atoms with E-state index in [-0.39, 0.29) is 5.75 Å². The van der Waals surface area contributed by atoms with Gasteiger partial charge in [-0.05, 0) is 29.3 Å². The minimum Gasteiger partial charge on any atom is -0.507 e. The number of aromatic hydroxyl groups is 1. The van der Waals surface area contributed by atoms with E-state index >= 15 is 0 Å². The molecular formula is C21H17BrN2O3. The Hall–Kier alpha value is -2.96. The summed E-state index contributed by atoms with van der Waals surface area (Å²) in [5.41, 5.74) is 1.74. The lowest BCUT2D eigenvalue weighted by atomic mass is 9.85. The fraction of sp³-hybridized carbons (Fsp3) is 0.0476. The number of hydrogen-bond acceptors (Lipinski definition) is 4. The number of amides is 1. The summed E-state index contributed by atoms with van der Waals surface area (Å²) < 4.78 is 0.762. The molecule has 0 aliphatic heterocycles. The summed E-state index contributed by atoms with van der Waals surface area (Å²) in [6.07, 6.45) is 1.31. The molecule has 0 spiro atoms. The molecule has 136 valence electrons. The average Bonchev–Trinajstić information content (AvgIpc) is 2.71. The van der Waals surface area contributed by atoms with Crippen molar-refractivity contribution in [2.45, 2.75) is 5.60 Å². The number of carbonyl (C=O) groups is 1. The average molecular weight is 425 g/mol. The van der Waals surface area contributed by atoms with Crippen molar-refractivity contribution in [2.75, 3.05) is 0 Å². The van der Waals surface area contributed by atoms with Gasteiger partial charge in [-0.15, -0.1) is 0 Å². The van der Waals surface area contributed by atoms with Gasteiger partial charge in [-0.1, -0.05) is 76.6 Å². The van der Waals surface area contributed by atoms with Crippen LogP contribution in [0.15, 0.2) is 88.4 Å². The Morgan fingerprint density at radius 2 is 1.52 bits per heavy atom. The van der Waals surface area contributed by atoms with Crippen molar-refractivity contribution in [3.8, 4) is 5.75 Å². The predicted molar refractivity (Wildman–Crippen MR) is 107 cm³/mol. The number of rotatable bonds is 5. The Morgan fingerprint density at radius 3 is 2.07 bits per heavy atom. The topological polar surface area (TPSA) is 81.9 Å². The number of aliphatic hydroxyl groups is 1. The minimum atomic E-state index is -1.90. The van der Waals surface area contributed by atoms with Gasteiger partial charge in [-0.2, -0.15) is 5.10 Å². The van der Waals surface area contributed by atoms with Crippen LogP contribution in [0.1, 0.15) is 16.7 Å². The number of carbonyl (C=O) groups excluding carboxylic acids is 1. The number of phenols is 1. The molecule has 3 rings (SSSR count). The molecule has 27 heavy (non-hydrogen) atoms. The van der Waals surface area contributed by atoms with Crippen LogP contribution >= 0.6 is 15.9 Å². The molecule has 3 N–H and O–H groups in total. The molecule has 6 heteroatoms. The number of nitrogens with one attached hydrogen (secondary N) is 1. The fourth-order valence-corrected chi connectivity index (χ4v) is 3.04. The molecule has 0 atom stereocenters. The Balaban J connectivity index is 1.90. The van der Waals surface area contributed by atoms with E-state index in [4.69, 9.17) is 0 Å². The molecular weight excluding hydrogens is 408 g/mol. The van der Waals surface area contributed by atoms with Gasteiger partial charge in [0, 0.05) is 10.0 Å². The monoisotopic (exact) mass is 424 g/mol. The summed E-state index contributed by atoms with van der Waals surface area (Å²) in [6, 6.07) is 22.2. The van der Waals surface area contributed by atoms with Gasteiger partial charge in [-0.25, -0.2) is 5.43 Å². The highest BCUT2D eigenvalue weighted by Crippen LogP contribution is 2.29. The summed E-state index contributed by atoms with van der Waals surface area (Å²) >= 11 is 3.31. The molecule has 5 nitrogen and oxygen atoms in total. The maximum absolute atomic E-state index is 12.9. The maximum Gasteiger partial charge on any atom is 0.281 e. The first-order valence-corrected chi connectivity index (χ1v) is 8.96. The molecule has 0 aromatic heterocycles. The van der Waals surface area contributed by atoms with E-state index in [9.17, 15) is 15.0 Å². The largest absolute Gasteiger partial charge is 0.507 e. The zero-order valence-corrected chi connectivity index (χ0v) is 15.8. The fourth-order valence-electron chi connectivity index (χ4n) is 2.66. The van der Waals surface area contributed by atoms with Crippen LogP contribution in [0.4, 0.5) is 0 Å². The van der Waals surface area contributed by atoms with Gasteiger partial charge in [0.2, 0.25) is 0 Å². The van der Waals surface area contributed by atoms with E-state index in [0.29, 0.717) is 16.7 Å². The van der Waals surface area contributed by atoms with Gasteiger partial charge in [0.25, 0.3) is 5.91 Å². The van der Waals surface area contributed by atoms with Crippen LogP contribution in [-0.2, 0) is 10.4 Å². The molecule has 0 fully saturated rings. The van der Waals surface area contributed by atoms with E-state index in [1.807, 2.05) is 0 Å². The first-order valence-electron chi connectivity index (χ1n) is 8.17. The quantitative estimate of drug-likeness (QED) is 0.432. The van der Waals surface area contributed by atoms with Gasteiger partial charge in [0.15, 0.2) is 5.60 Å². The smallest absolute Gasteiger partial charge is 0.281 e. The van der Waals surface area contributed by atoms with E-state index < -0.39 is 11.5 Å². The molecule has 0 saturated heterocycles. The van der Waals surface area contributed by atoms with Crippen LogP contribution in [-0.4, -0.2) is 22.3 Å². The summed E-state index contributed by atoms with van der Waals surface area (Å²) in [7, 11) is 0. The van der Waals surface area contributed by atoms with Crippen molar-refractivity contribution in [3.63, 3.8) is 0 Å². The molecule has 1 amide bonds. The molecule has 0 aliphatic carbocycles. The minimum absolute atomic E-state index is 0.0255. The third-order valence-corrected chi connectivity index (χ3v) is 4.56. The molecule has 3 aromatic carbocycles. The maximum atomic E-state index is 12.9. The second kappa shape index (κ2) is 8.16. The van der Waals surface area contributed by atoms with E-state index in [2.05, 4.69) is 26.5 Å². The second-order valence-electron chi connectivity index (χ2n) is 5.84. The number of benzene rings is 3. The van der Waals surface area contributed by atoms with E-state index in [1.54, 1.807) is 72.8 Å². The van der Waals surface area contributed by atoms with Crippen molar-refractivity contribution in [1.82, 2.24) is 5.43 Å². The van der Waals surface area contributed by atoms with Crippen LogP contribution < -0.4 is 5.43 Å². The molecule has 0 unspecified atom stereocenters. The predicted octanol–water partition coefficient (Wildman–Crippen LogP) is 3.54. The number of phenolic OH excluding ortho intramolecular Hbond substituents is 1. The van der Waals surface area contributed by atoms with E-state index in [1.165, 1.54) is 12.3 Å². The third-order valence-electron chi connectivity index (χ3n) is 4.07. The van der Waals surface area contributed by atoms with Crippen LogP contribution in [0.25, 0.3) is 0 Å². The third kappa shape index (κ3) is 4.07. The summed E-state index contributed by atoms with van der Waals surface area (Å²) in [6.45, 7) is 0. The summed E-state index contributed by atoms with van der Waals surface area (Å²) in [5, 5.41) is 25.0. The Morgan fingerprint density at radius 1 is 0.963 bits per heavy atom. The van der Waals surface area contributed by atoms with Crippen LogP contribution in [0.3, 0.4) is 0 Å². The second-order valence-corrected chi connectivity index (χ2v) is 6.76. The highest BCUT2D eigenvalue weighted by atomic mass is 79.9. The van der Waals surface area contributed by atoms with Crippen molar-refractivity contribution < 1.29 is 15.0 Å². The highest BCUT2D eigenvalue weighted by Gasteiger charge is 2.39. The van der Waals surface area contributed by atoms with Gasteiger partial charge in [-0.3, -0.25) is 4.79 Å². The lowest BCUT2D eigenvalue weighted by Gasteiger charge is -2.27. The SMILES string of the molecule is O=C(NN=Cc1cc(Br)ccc1O)C(O)(c1ccccc1)c1ccccc1. The summed E-state index contributed by atoms with van der Waals surface area (Å²) in [5.74, 6) is -0.678. The number of halogens is 1. The van der Waals surface area contributed by atoms with Crippen LogP contribution in [0, 0.1) is 0 Å². The Labute approximate surface area is 165 Å². The first-order chi connectivity index (χ1) is 13.0. The normalized spacial score (nSPS) is 11.5. The van der Waals surface area contributed by atoms with E-state index in [0.717, 1.165) is 4.47 Å². The molecule has 0 heterocycles. The first kappa shape index (κ1) is 18.8. The van der Waals surface area contributed by atoms with Crippen molar-refractivity contribution in [1.29, 1.82) is 0 Å². The lowest BCUT2D eigenvalue weighted by molar-refractivity contribution is -0.136. The number of hydrazone groups is 1. The standard InChI is InChI=1S/C21H17BrN2O3/c22-18-11-12-19(25)15(13-18)14-23-24-20(26)21(27,16-7-3-1-4-8-16)17-9-5-2-6-10-17/h1-14,25,27H,(H,24,26). The zero-order valence-electron chi connectivity index (χ0n) is 14.2. The van der Waals surface area contributed by atoms with Crippen molar-refractivity contribution >= 4 is 28.1 Å². The zero-order chi connectivity index (χ0) is 19.3. The molecule has 0 bridgehead atoms. The van der Waals surface area contributed by atoms with Crippen LogP contribution in [0.5, 0.6) is 5.75 Å². The molecule has 0 saturated carbocycles. The Kier molecular flexibility index (Phi) is 5.69. The molecule has 0 aliphatic rings.